The average molecular weight is 286 g/mol. The summed E-state index contributed by atoms with van der Waals surface area (Å²) in [5, 5.41) is 9.98. The second-order valence-corrected chi connectivity index (χ2v) is 4.67. The molecule has 0 saturated carbocycles. The molecule has 1 saturated heterocycles. The summed E-state index contributed by atoms with van der Waals surface area (Å²) in [5.74, 6) is -2.18. The Morgan fingerprint density at radius 2 is 2.15 bits per heavy atom. The number of morpholine rings is 1. The summed E-state index contributed by atoms with van der Waals surface area (Å²) in [5.41, 5.74) is 4.78. The molecule has 110 valence electrons. The highest BCUT2D eigenvalue weighted by molar-refractivity contribution is 5.79. The topological polar surface area (TPSA) is 75.8 Å². The molecule has 5 nitrogen and oxygen atoms in total. The fourth-order valence-electron chi connectivity index (χ4n) is 2.21. The number of nitrogens with two attached hydrogens (primary N) is 1. The van der Waals surface area contributed by atoms with Gasteiger partial charge in [-0.05, 0) is 12.1 Å². The van der Waals surface area contributed by atoms with Crippen LogP contribution in [0.4, 0.5) is 8.78 Å². The maximum absolute atomic E-state index is 13.5. The van der Waals surface area contributed by atoms with Crippen LogP contribution in [-0.2, 0) is 9.53 Å². The average Bonchev–Trinajstić information content (AvgIpc) is 2.38. The zero-order valence-electron chi connectivity index (χ0n) is 10.8. The maximum Gasteiger partial charge on any atom is 0.247 e. The second-order valence-electron chi connectivity index (χ2n) is 4.67. The summed E-state index contributed by atoms with van der Waals surface area (Å²) >= 11 is 0. The number of aliphatic hydroxyl groups excluding tert-OH is 1. The van der Waals surface area contributed by atoms with Crippen molar-refractivity contribution < 1.29 is 23.4 Å². The predicted molar refractivity (Wildman–Crippen MR) is 66.7 cm³/mol. The Morgan fingerprint density at radius 3 is 2.75 bits per heavy atom. The lowest BCUT2D eigenvalue weighted by Gasteiger charge is -2.32. The van der Waals surface area contributed by atoms with Gasteiger partial charge in [0.15, 0.2) is 0 Å². The standard InChI is InChI=1S/C13H16F2N2O3/c14-8-2-1-3-9(15)12(8)10(18)6-17-4-5-20-11(7-17)13(16)19/h1-3,10-11,18H,4-7H2,(H2,16,19). The van der Waals surface area contributed by atoms with E-state index in [0.717, 1.165) is 12.1 Å². The number of amides is 1. The van der Waals surface area contributed by atoms with Gasteiger partial charge in [-0.3, -0.25) is 9.69 Å². The highest BCUT2D eigenvalue weighted by Gasteiger charge is 2.27. The Morgan fingerprint density at radius 1 is 1.50 bits per heavy atom. The fourth-order valence-corrected chi connectivity index (χ4v) is 2.21. The third-order valence-corrected chi connectivity index (χ3v) is 3.23. The Hall–Kier alpha value is -1.57. The van der Waals surface area contributed by atoms with Gasteiger partial charge >= 0.3 is 0 Å². The van der Waals surface area contributed by atoms with Gasteiger partial charge in [0.2, 0.25) is 5.91 Å². The monoisotopic (exact) mass is 286 g/mol. The van der Waals surface area contributed by atoms with Crippen LogP contribution in [0.1, 0.15) is 11.7 Å². The van der Waals surface area contributed by atoms with E-state index in [0.29, 0.717) is 6.54 Å². The number of rotatable bonds is 4. The Kier molecular flexibility index (Phi) is 4.64. The van der Waals surface area contributed by atoms with Crippen LogP contribution in [-0.4, -0.2) is 48.3 Å². The van der Waals surface area contributed by atoms with E-state index in [1.165, 1.54) is 6.07 Å². The van der Waals surface area contributed by atoms with Gasteiger partial charge in [0.25, 0.3) is 0 Å². The first-order chi connectivity index (χ1) is 9.49. The van der Waals surface area contributed by atoms with Gasteiger partial charge in [0.1, 0.15) is 17.7 Å². The van der Waals surface area contributed by atoms with Crippen LogP contribution < -0.4 is 5.73 Å². The Bertz CT molecular complexity index is 478. The number of ether oxygens (including phenoxy) is 1. The summed E-state index contributed by atoms with van der Waals surface area (Å²) < 4.78 is 32.2. The number of hydrogen-bond acceptors (Lipinski definition) is 4. The first kappa shape index (κ1) is 14.8. The number of benzene rings is 1. The fraction of sp³-hybridized carbons (Fsp3) is 0.462. The minimum absolute atomic E-state index is 0.00495. The lowest BCUT2D eigenvalue weighted by Crippen LogP contribution is -2.49. The number of aliphatic hydroxyl groups is 1. The molecular formula is C13H16F2N2O3. The van der Waals surface area contributed by atoms with E-state index in [1.807, 2.05) is 0 Å². The molecule has 7 heteroatoms. The van der Waals surface area contributed by atoms with E-state index in [9.17, 15) is 18.7 Å². The van der Waals surface area contributed by atoms with E-state index >= 15 is 0 Å². The van der Waals surface area contributed by atoms with Crippen LogP contribution in [0, 0.1) is 11.6 Å². The van der Waals surface area contributed by atoms with Crippen molar-refractivity contribution in [3.8, 4) is 0 Å². The van der Waals surface area contributed by atoms with E-state index in [-0.39, 0.29) is 25.3 Å². The number of primary amides is 1. The number of hydrogen-bond donors (Lipinski definition) is 2. The van der Waals surface area contributed by atoms with Crippen molar-refractivity contribution in [1.29, 1.82) is 0 Å². The summed E-state index contributed by atoms with van der Waals surface area (Å²) in [6.45, 7) is 0.935. The molecule has 1 aromatic rings. The molecule has 1 amide bonds. The molecule has 1 fully saturated rings. The Labute approximate surface area is 114 Å². The zero-order valence-corrected chi connectivity index (χ0v) is 10.8. The molecule has 20 heavy (non-hydrogen) atoms. The van der Waals surface area contributed by atoms with Crippen molar-refractivity contribution in [2.24, 2.45) is 5.73 Å². The van der Waals surface area contributed by atoms with Crippen molar-refractivity contribution >= 4 is 5.91 Å². The molecule has 0 spiro atoms. The number of nitrogens with zero attached hydrogens (tertiary/aromatic N) is 1. The maximum atomic E-state index is 13.5. The quantitative estimate of drug-likeness (QED) is 0.828. The molecule has 1 aliphatic rings. The van der Waals surface area contributed by atoms with E-state index < -0.39 is 29.7 Å². The van der Waals surface area contributed by atoms with E-state index in [1.54, 1.807) is 4.90 Å². The molecule has 1 aromatic carbocycles. The molecule has 0 aliphatic carbocycles. The van der Waals surface area contributed by atoms with E-state index in [2.05, 4.69) is 0 Å². The minimum atomic E-state index is -1.32. The second kappa shape index (κ2) is 6.25. The SMILES string of the molecule is NC(=O)C1CN(CC(O)c2c(F)cccc2F)CCO1. The first-order valence-electron chi connectivity index (χ1n) is 6.24. The molecule has 0 aromatic heterocycles. The molecule has 2 atom stereocenters. The van der Waals surface area contributed by atoms with Crippen LogP contribution >= 0.6 is 0 Å². The highest BCUT2D eigenvalue weighted by Crippen LogP contribution is 2.22. The Balaban J connectivity index is 2.04. The van der Waals surface area contributed by atoms with Crippen molar-refractivity contribution in [2.75, 3.05) is 26.2 Å². The smallest absolute Gasteiger partial charge is 0.247 e. The van der Waals surface area contributed by atoms with Crippen LogP contribution in [0.25, 0.3) is 0 Å². The van der Waals surface area contributed by atoms with Crippen LogP contribution in [0.15, 0.2) is 18.2 Å². The minimum Gasteiger partial charge on any atom is -0.387 e. The van der Waals surface area contributed by atoms with Crippen LogP contribution in [0.3, 0.4) is 0 Å². The number of carbonyl (C=O) groups excluding carboxylic acids is 1. The molecular weight excluding hydrogens is 270 g/mol. The summed E-state index contributed by atoms with van der Waals surface area (Å²) in [6, 6.07) is 3.42. The summed E-state index contributed by atoms with van der Waals surface area (Å²) in [6.07, 6.45) is -2.08. The van der Waals surface area contributed by atoms with Gasteiger partial charge in [0.05, 0.1) is 18.3 Å². The zero-order chi connectivity index (χ0) is 14.7. The summed E-state index contributed by atoms with van der Waals surface area (Å²) in [4.78, 5) is 12.7. The lowest BCUT2D eigenvalue weighted by atomic mass is 10.1. The van der Waals surface area contributed by atoms with E-state index in [4.69, 9.17) is 10.5 Å². The number of β-amino-alcohol motifs (C(OH)–C–C–N with tert-alkyl or cyclic N) is 1. The van der Waals surface area contributed by atoms with Crippen LogP contribution in [0.5, 0.6) is 0 Å². The number of carbonyl (C=O) groups is 1. The highest BCUT2D eigenvalue weighted by atomic mass is 19.1. The van der Waals surface area contributed by atoms with Crippen molar-refractivity contribution in [2.45, 2.75) is 12.2 Å². The largest absolute Gasteiger partial charge is 0.387 e. The number of halogens is 2. The van der Waals surface area contributed by atoms with Gasteiger partial charge < -0.3 is 15.6 Å². The molecule has 0 radical (unpaired) electrons. The third-order valence-electron chi connectivity index (χ3n) is 3.23. The van der Waals surface area contributed by atoms with Gasteiger partial charge in [-0.15, -0.1) is 0 Å². The van der Waals surface area contributed by atoms with Gasteiger partial charge in [-0.2, -0.15) is 0 Å². The van der Waals surface area contributed by atoms with Gasteiger partial charge in [0, 0.05) is 19.6 Å². The normalized spacial score (nSPS) is 21.6. The molecule has 2 rings (SSSR count). The molecule has 1 aliphatic heterocycles. The predicted octanol–water partition coefficient (Wildman–Crippen LogP) is 0.184. The lowest BCUT2D eigenvalue weighted by molar-refractivity contribution is -0.135. The molecule has 0 bridgehead atoms. The molecule has 2 unspecified atom stereocenters. The summed E-state index contributed by atoms with van der Waals surface area (Å²) in [7, 11) is 0. The molecule has 3 N–H and O–H groups in total. The first-order valence-corrected chi connectivity index (χ1v) is 6.24. The molecule has 1 heterocycles. The van der Waals surface area contributed by atoms with Crippen molar-refractivity contribution in [3.63, 3.8) is 0 Å². The van der Waals surface area contributed by atoms with Crippen LogP contribution in [0.2, 0.25) is 0 Å². The van der Waals surface area contributed by atoms with Crippen molar-refractivity contribution in [3.05, 3.63) is 35.4 Å². The van der Waals surface area contributed by atoms with Gasteiger partial charge in [-0.1, -0.05) is 6.07 Å². The van der Waals surface area contributed by atoms with Gasteiger partial charge in [-0.25, -0.2) is 8.78 Å². The van der Waals surface area contributed by atoms with Crippen molar-refractivity contribution in [1.82, 2.24) is 4.90 Å². The third kappa shape index (κ3) is 3.30.